The van der Waals surface area contributed by atoms with E-state index in [0.29, 0.717) is 16.8 Å². The van der Waals surface area contributed by atoms with Gasteiger partial charge >= 0.3 is 6.01 Å². The number of sulfonamides is 1. The quantitative estimate of drug-likeness (QED) is 0.809. The van der Waals surface area contributed by atoms with Crippen LogP contribution in [0.3, 0.4) is 0 Å². The Bertz CT molecular complexity index is 856. The molecule has 134 valence electrons. The molecule has 2 aromatic rings. The molecule has 10 heteroatoms. The summed E-state index contributed by atoms with van der Waals surface area (Å²) < 4.78 is 32.3. The molecule has 8 nitrogen and oxygen atoms in total. The van der Waals surface area contributed by atoms with E-state index in [1.807, 2.05) is 4.90 Å². The maximum atomic E-state index is 12.4. The number of nitrogens with zero attached hydrogens (tertiary/aromatic N) is 4. The standard InChI is InChI=1S/C15H18ClN5O3S/c1-24-15-19-13(18-14(20-15)21-7-2-3-8-21)10-17-25(22,23)12-6-4-5-11(16)9-12/h4-6,9,17H,2-3,7-8,10H2,1H3. The second-order valence-electron chi connectivity index (χ2n) is 5.51. The van der Waals surface area contributed by atoms with E-state index >= 15 is 0 Å². The van der Waals surface area contributed by atoms with E-state index in [4.69, 9.17) is 16.3 Å². The molecule has 0 atom stereocenters. The third-order valence-electron chi connectivity index (χ3n) is 3.75. The van der Waals surface area contributed by atoms with Gasteiger partial charge in [0.05, 0.1) is 18.6 Å². The highest BCUT2D eigenvalue weighted by atomic mass is 35.5. The fraction of sp³-hybridized carbons (Fsp3) is 0.400. The molecular formula is C15H18ClN5O3S. The van der Waals surface area contributed by atoms with Gasteiger partial charge in [0, 0.05) is 18.1 Å². The largest absolute Gasteiger partial charge is 0.467 e. The lowest BCUT2D eigenvalue weighted by Crippen LogP contribution is -2.26. The summed E-state index contributed by atoms with van der Waals surface area (Å²) in [6, 6.07) is 6.20. The monoisotopic (exact) mass is 383 g/mol. The summed E-state index contributed by atoms with van der Waals surface area (Å²) in [6.07, 6.45) is 2.15. The number of halogens is 1. The summed E-state index contributed by atoms with van der Waals surface area (Å²) in [5, 5.41) is 0.348. The van der Waals surface area contributed by atoms with E-state index in [2.05, 4.69) is 19.7 Å². The lowest BCUT2D eigenvalue weighted by Gasteiger charge is -2.16. The molecule has 0 bridgehead atoms. The molecule has 0 unspecified atom stereocenters. The van der Waals surface area contributed by atoms with E-state index in [1.165, 1.54) is 19.2 Å². The van der Waals surface area contributed by atoms with Gasteiger partial charge in [-0.1, -0.05) is 17.7 Å². The molecule has 2 heterocycles. The third-order valence-corrected chi connectivity index (χ3v) is 5.38. The van der Waals surface area contributed by atoms with Gasteiger partial charge in [0.1, 0.15) is 0 Å². The molecule has 1 aliphatic heterocycles. The number of benzene rings is 1. The van der Waals surface area contributed by atoms with Crippen molar-refractivity contribution in [2.75, 3.05) is 25.1 Å². The Morgan fingerprint density at radius 1 is 1.24 bits per heavy atom. The van der Waals surface area contributed by atoms with Crippen LogP contribution in [0.2, 0.25) is 5.02 Å². The average molecular weight is 384 g/mol. The summed E-state index contributed by atoms with van der Waals surface area (Å²) >= 11 is 5.85. The molecule has 3 rings (SSSR count). The Balaban J connectivity index is 1.79. The van der Waals surface area contributed by atoms with Gasteiger partial charge in [-0.2, -0.15) is 15.0 Å². The molecule has 1 aromatic carbocycles. The van der Waals surface area contributed by atoms with Crippen molar-refractivity contribution in [3.8, 4) is 6.01 Å². The second kappa shape index (κ2) is 7.51. The van der Waals surface area contributed by atoms with Crippen molar-refractivity contribution >= 4 is 27.6 Å². The molecule has 1 aliphatic rings. The minimum absolute atomic E-state index is 0.0748. The number of hydrogen-bond acceptors (Lipinski definition) is 7. The summed E-state index contributed by atoms with van der Waals surface area (Å²) in [5.74, 6) is 0.792. The van der Waals surface area contributed by atoms with Crippen molar-refractivity contribution in [2.45, 2.75) is 24.3 Å². The van der Waals surface area contributed by atoms with Crippen LogP contribution in [0, 0.1) is 0 Å². The lowest BCUT2D eigenvalue weighted by atomic mass is 10.4. The van der Waals surface area contributed by atoms with Gasteiger partial charge in [0.2, 0.25) is 16.0 Å². The van der Waals surface area contributed by atoms with Gasteiger partial charge in [0.25, 0.3) is 0 Å². The maximum absolute atomic E-state index is 12.4. The number of nitrogens with one attached hydrogen (secondary N) is 1. The Hall–Kier alpha value is -1.97. The molecule has 0 radical (unpaired) electrons. The zero-order valence-electron chi connectivity index (χ0n) is 13.6. The van der Waals surface area contributed by atoms with Crippen LogP contribution in [0.4, 0.5) is 5.95 Å². The van der Waals surface area contributed by atoms with Crippen molar-refractivity contribution in [3.05, 3.63) is 35.1 Å². The number of ether oxygens (including phenoxy) is 1. The van der Waals surface area contributed by atoms with E-state index in [9.17, 15) is 8.42 Å². The number of rotatable bonds is 6. The van der Waals surface area contributed by atoms with Crippen LogP contribution in [0.15, 0.2) is 29.2 Å². The Morgan fingerprint density at radius 3 is 2.68 bits per heavy atom. The molecule has 1 saturated heterocycles. The summed E-state index contributed by atoms with van der Waals surface area (Å²) in [4.78, 5) is 14.8. The van der Waals surface area contributed by atoms with Crippen molar-refractivity contribution in [1.29, 1.82) is 0 Å². The first-order valence-corrected chi connectivity index (χ1v) is 9.63. The minimum Gasteiger partial charge on any atom is -0.467 e. The van der Waals surface area contributed by atoms with Gasteiger partial charge in [-0.05, 0) is 31.0 Å². The van der Waals surface area contributed by atoms with E-state index in [-0.39, 0.29) is 17.5 Å². The molecule has 25 heavy (non-hydrogen) atoms. The molecule has 0 amide bonds. The molecule has 1 N–H and O–H groups in total. The van der Waals surface area contributed by atoms with Crippen LogP contribution in [-0.4, -0.2) is 43.6 Å². The maximum Gasteiger partial charge on any atom is 0.321 e. The SMILES string of the molecule is COc1nc(CNS(=O)(=O)c2cccc(Cl)c2)nc(N2CCCC2)n1. The van der Waals surface area contributed by atoms with Gasteiger partial charge in [-0.25, -0.2) is 13.1 Å². The molecular weight excluding hydrogens is 366 g/mol. The van der Waals surface area contributed by atoms with Crippen LogP contribution < -0.4 is 14.4 Å². The van der Waals surface area contributed by atoms with E-state index in [1.54, 1.807) is 12.1 Å². The van der Waals surface area contributed by atoms with Crippen LogP contribution in [0.1, 0.15) is 18.7 Å². The van der Waals surface area contributed by atoms with E-state index < -0.39 is 10.0 Å². The first-order chi connectivity index (χ1) is 12.0. The van der Waals surface area contributed by atoms with E-state index in [0.717, 1.165) is 25.9 Å². The van der Waals surface area contributed by atoms with Crippen LogP contribution in [-0.2, 0) is 16.6 Å². The van der Waals surface area contributed by atoms with Crippen molar-refractivity contribution in [3.63, 3.8) is 0 Å². The highest BCUT2D eigenvalue weighted by molar-refractivity contribution is 7.89. The second-order valence-corrected chi connectivity index (χ2v) is 7.72. The van der Waals surface area contributed by atoms with Crippen molar-refractivity contribution < 1.29 is 13.2 Å². The highest BCUT2D eigenvalue weighted by Gasteiger charge is 2.19. The van der Waals surface area contributed by atoms with Crippen LogP contribution in [0.5, 0.6) is 6.01 Å². The van der Waals surface area contributed by atoms with Crippen LogP contribution in [0.25, 0.3) is 0 Å². The predicted octanol–water partition coefficient (Wildman–Crippen LogP) is 1.61. The topological polar surface area (TPSA) is 97.3 Å². The van der Waals surface area contributed by atoms with Gasteiger partial charge in [0.15, 0.2) is 5.82 Å². The first-order valence-electron chi connectivity index (χ1n) is 7.77. The van der Waals surface area contributed by atoms with Crippen LogP contribution >= 0.6 is 11.6 Å². The smallest absolute Gasteiger partial charge is 0.321 e. The fourth-order valence-electron chi connectivity index (χ4n) is 2.49. The summed E-state index contributed by atoms with van der Waals surface area (Å²) in [7, 11) is -2.26. The minimum atomic E-state index is -3.72. The molecule has 0 spiro atoms. The molecule has 1 fully saturated rings. The number of hydrogen-bond donors (Lipinski definition) is 1. The average Bonchev–Trinajstić information content (AvgIpc) is 3.14. The Kier molecular flexibility index (Phi) is 5.36. The van der Waals surface area contributed by atoms with Gasteiger partial charge < -0.3 is 9.64 Å². The zero-order valence-corrected chi connectivity index (χ0v) is 15.2. The lowest BCUT2D eigenvalue weighted by molar-refractivity contribution is 0.375. The fourth-order valence-corrected chi connectivity index (χ4v) is 3.77. The summed E-state index contributed by atoms with van der Waals surface area (Å²) in [6.45, 7) is 1.65. The molecule has 0 aliphatic carbocycles. The van der Waals surface area contributed by atoms with Crippen molar-refractivity contribution in [1.82, 2.24) is 19.7 Å². The highest BCUT2D eigenvalue weighted by Crippen LogP contribution is 2.19. The predicted molar refractivity (Wildman–Crippen MR) is 93.3 cm³/mol. The molecule has 0 saturated carbocycles. The number of anilines is 1. The number of aromatic nitrogens is 3. The van der Waals surface area contributed by atoms with Crippen molar-refractivity contribution in [2.24, 2.45) is 0 Å². The zero-order chi connectivity index (χ0) is 17.9. The molecule has 1 aromatic heterocycles. The van der Waals surface area contributed by atoms with Gasteiger partial charge in [-0.15, -0.1) is 0 Å². The Labute approximate surface area is 151 Å². The Morgan fingerprint density at radius 2 is 2.00 bits per heavy atom. The van der Waals surface area contributed by atoms with Gasteiger partial charge in [-0.3, -0.25) is 0 Å². The first kappa shape index (κ1) is 17.8. The summed E-state index contributed by atoms with van der Waals surface area (Å²) in [5.41, 5.74) is 0. The normalized spacial score (nSPS) is 14.7. The number of methoxy groups -OCH3 is 1. The third kappa shape index (κ3) is 4.36.